The molecule has 15 heavy (non-hydrogen) atoms. The summed E-state index contributed by atoms with van der Waals surface area (Å²) in [6, 6.07) is 8.17. The van der Waals surface area contributed by atoms with Crippen molar-refractivity contribution in [2.75, 3.05) is 23.6 Å². The molecule has 0 aromatic heterocycles. The zero-order valence-corrected chi connectivity index (χ0v) is 10.1. The highest BCUT2D eigenvalue weighted by molar-refractivity contribution is 8.14. The second kappa shape index (κ2) is 4.92. The minimum absolute atomic E-state index is 0.871. The van der Waals surface area contributed by atoms with Gasteiger partial charge in [0.15, 0.2) is 5.17 Å². The number of nitrogens with two attached hydrogens (primary N) is 1. The van der Waals surface area contributed by atoms with E-state index in [9.17, 15) is 0 Å². The highest BCUT2D eigenvalue weighted by Crippen LogP contribution is 2.24. The molecule has 2 rings (SSSR count). The van der Waals surface area contributed by atoms with Crippen LogP contribution in [0.25, 0.3) is 0 Å². The summed E-state index contributed by atoms with van der Waals surface area (Å²) in [5, 5.41) is 2.57. The summed E-state index contributed by atoms with van der Waals surface area (Å²) in [6.45, 7) is 0.871. The van der Waals surface area contributed by atoms with Crippen molar-refractivity contribution in [2.45, 2.75) is 4.90 Å². The van der Waals surface area contributed by atoms with Gasteiger partial charge in [-0.15, -0.1) is 11.8 Å². The van der Waals surface area contributed by atoms with E-state index in [0.29, 0.717) is 0 Å². The Morgan fingerprint density at radius 3 is 3.07 bits per heavy atom. The van der Waals surface area contributed by atoms with E-state index < -0.39 is 0 Å². The molecule has 0 radical (unpaired) electrons. The van der Waals surface area contributed by atoms with Gasteiger partial charge in [-0.2, -0.15) is 0 Å². The average Bonchev–Trinajstić information content (AvgIpc) is 2.81. The van der Waals surface area contributed by atoms with E-state index in [1.807, 2.05) is 12.1 Å². The summed E-state index contributed by atoms with van der Waals surface area (Å²) < 4.78 is 0. The van der Waals surface area contributed by atoms with E-state index in [1.165, 1.54) is 4.90 Å². The molecule has 1 aromatic rings. The van der Waals surface area contributed by atoms with Crippen LogP contribution in [-0.2, 0) is 0 Å². The highest BCUT2D eigenvalue weighted by Gasteiger charge is 2.14. The first-order valence-corrected chi connectivity index (χ1v) is 6.88. The number of aliphatic imine (C=N–C) groups is 1. The molecule has 0 bridgehead atoms. The molecule has 80 valence electrons. The molecule has 0 saturated carbocycles. The van der Waals surface area contributed by atoms with Gasteiger partial charge in [0, 0.05) is 10.6 Å². The third-order valence-corrected chi connectivity index (χ3v) is 3.80. The van der Waals surface area contributed by atoms with Gasteiger partial charge in [0.2, 0.25) is 0 Å². The van der Waals surface area contributed by atoms with Crippen molar-refractivity contribution in [1.29, 1.82) is 0 Å². The van der Waals surface area contributed by atoms with Gasteiger partial charge in [0.1, 0.15) is 0 Å². The predicted octanol–water partition coefficient (Wildman–Crippen LogP) is 2.19. The number of hydrogen-bond donors (Lipinski definition) is 1. The van der Waals surface area contributed by atoms with Crippen molar-refractivity contribution in [3.8, 4) is 0 Å². The molecular formula is C10H13N3S2. The molecule has 1 aliphatic heterocycles. The quantitative estimate of drug-likeness (QED) is 0.488. The number of hydrogen-bond acceptors (Lipinski definition) is 5. The lowest BCUT2D eigenvalue weighted by Gasteiger charge is -2.17. The lowest BCUT2D eigenvalue weighted by molar-refractivity contribution is 1.10. The largest absolute Gasteiger partial charge is 0.260 e. The van der Waals surface area contributed by atoms with E-state index in [2.05, 4.69) is 23.4 Å². The van der Waals surface area contributed by atoms with Crippen LogP contribution in [0.1, 0.15) is 0 Å². The van der Waals surface area contributed by atoms with Crippen molar-refractivity contribution in [3.05, 3.63) is 24.3 Å². The molecule has 1 aliphatic rings. The van der Waals surface area contributed by atoms with Gasteiger partial charge in [-0.05, 0) is 24.5 Å². The molecule has 0 saturated heterocycles. The lowest BCUT2D eigenvalue weighted by atomic mass is 10.3. The van der Waals surface area contributed by atoms with Gasteiger partial charge in [-0.3, -0.25) is 10.0 Å². The molecule has 0 spiro atoms. The van der Waals surface area contributed by atoms with Crippen molar-refractivity contribution in [1.82, 2.24) is 0 Å². The fourth-order valence-electron chi connectivity index (χ4n) is 1.34. The average molecular weight is 239 g/mol. The molecule has 0 aliphatic carbocycles. The van der Waals surface area contributed by atoms with Gasteiger partial charge in [0.05, 0.1) is 12.2 Å². The third kappa shape index (κ3) is 2.48. The molecule has 3 nitrogen and oxygen atoms in total. The van der Waals surface area contributed by atoms with Crippen molar-refractivity contribution >= 4 is 34.4 Å². The van der Waals surface area contributed by atoms with Gasteiger partial charge in [-0.1, -0.05) is 17.8 Å². The number of nitrogens with zero attached hydrogens (tertiary/aromatic N) is 2. The smallest absolute Gasteiger partial charge is 0.178 e. The molecule has 1 aromatic carbocycles. The van der Waals surface area contributed by atoms with Crippen LogP contribution in [0.4, 0.5) is 5.69 Å². The number of rotatable bonds is 2. The van der Waals surface area contributed by atoms with E-state index in [0.717, 1.165) is 23.2 Å². The number of hydrazine groups is 1. The Balaban J connectivity index is 2.20. The van der Waals surface area contributed by atoms with Crippen LogP contribution >= 0.6 is 23.5 Å². The standard InChI is InChI=1S/C10H13N3S2/c1-14-9-4-2-3-8(7-9)13(11)10-12-5-6-15-10/h2-4,7H,5-6,11H2,1H3. The van der Waals surface area contributed by atoms with Gasteiger partial charge < -0.3 is 0 Å². The fourth-order valence-corrected chi connectivity index (χ4v) is 2.59. The Labute approximate surface area is 98.1 Å². The maximum absolute atomic E-state index is 6.00. The van der Waals surface area contributed by atoms with E-state index >= 15 is 0 Å². The topological polar surface area (TPSA) is 41.6 Å². The van der Waals surface area contributed by atoms with Crippen LogP contribution in [-0.4, -0.2) is 23.7 Å². The Morgan fingerprint density at radius 1 is 1.53 bits per heavy atom. The van der Waals surface area contributed by atoms with Gasteiger partial charge >= 0.3 is 0 Å². The number of amidine groups is 1. The van der Waals surface area contributed by atoms with Crippen molar-refractivity contribution < 1.29 is 0 Å². The molecular weight excluding hydrogens is 226 g/mol. The predicted molar refractivity (Wildman–Crippen MR) is 69.6 cm³/mol. The zero-order valence-electron chi connectivity index (χ0n) is 8.51. The first-order chi connectivity index (χ1) is 7.31. The second-order valence-electron chi connectivity index (χ2n) is 3.08. The normalized spacial score (nSPS) is 15.2. The van der Waals surface area contributed by atoms with E-state index in [1.54, 1.807) is 28.5 Å². The lowest BCUT2D eigenvalue weighted by Crippen LogP contribution is -2.34. The van der Waals surface area contributed by atoms with Crippen LogP contribution < -0.4 is 10.9 Å². The number of benzene rings is 1. The molecule has 0 atom stereocenters. The minimum Gasteiger partial charge on any atom is -0.260 e. The summed E-state index contributed by atoms with van der Waals surface area (Å²) in [4.78, 5) is 5.56. The molecule has 1 heterocycles. The SMILES string of the molecule is CSc1cccc(N(N)C2=NCCS2)c1. The monoisotopic (exact) mass is 239 g/mol. The summed E-state index contributed by atoms with van der Waals surface area (Å²) in [6.07, 6.45) is 2.06. The van der Waals surface area contributed by atoms with Crippen LogP contribution in [0.5, 0.6) is 0 Å². The number of thioether (sulfide) groups is 2. The summed E-state index contributed by atoms with van der Waals surface area (Å²) in [5.74, 6) is 7.03. The third-order valence-electron chi connectivity index (χ3n) is 2.11. The Morgan fingerprint density at radius 2 is 2.40 bits per heavy atom. The highest BCUT2D eigenvalue weighted by atomic mass is 32.2. The van der Waals surface area contributed by atoms with Gasteiger partial charge in [0.25, 0.3) is 0 Å². The first kappa shape index (κ1) is 10.9. The van der Waals surface area contributed by atoms with Crippen LogP contribution in [0.3, 0.4) is 0 Å². The van der Waals surface area contributed by atoms with E-state index in [-0.39, 0.29) is 0 Å². The summed E-state index contributed by atoms with van der Waals surface area (Å²) in [7, 11) is 0. The van der Waals surface area contributed by atoms with Gasteiger partial charge in [-0.25, -0.2) is 5.84 Å². The second-order valence-corrected chi connectivity index (χ2v) is 5.03. The first-order valence-electron chi connectivity index (χ1n) is 4.67. The molecule has 5 heteroatoms. The maximum atomic E-state index is 6.00. The molecule has 2 N–H and O–H groups in total. The minimum atomic E-state index is 0.871. The Kier molecular flexibility index (Phi) is 3.56. The molecule has 0 unspecified atom stereocenters. The number of anilines is 1. The maximum Gasteiger partial charge on any atom is 0.178 e. The molecule has 0 fully saturated rings. The van der Waals surface area contributed by atoms with Crippen LogP contribution in [0.2, 0.25) is 0 Å². The molecule has 0 amide bonds. The Bertz CT molecular complexity index is 379. The fraction of sp³-hybridized carbons (Fsp3) is 0.300. The van der Waals surface area contributed by atoms with E-state index in [4.69, 9.17) is 5.84 Å². The Hall–Kier alpha value is -0.650. The summed E-state index contributed by atoms with van der Waals surface area (Å²) in [5.41, 5.74) is 0.995. The summed E-state index contributed by atoms with van der Waals surface area (Å²) >= 11 is 3.42. The van der Waals surface area contributed by atoms with Crippen LogP contribution in [0, 0.1) is 0 Å². The zero-order chi connectivity index (χ0) is 10.7. The van der Waals surface area contributed by atoms with Crippen molar-refractivity contribution in [3.63, 3.8) is 0 Å². The van der Waals surface area contributed by atoms with Crippen molar-refractivity contribution in [2.24, 2.45) is 10.8 Å². The van der Waals surface area contributed by atoms with Crippen LogP contribution in [0.15, 0.2) is 34.2 Å².